The van der Waals surface area contributed by atoms with Gasteiger partial charge in [0.15, 0.2) is 0 Å². The molecule has 0 saturated carbocycles. The molecule has 6 rings (SSSR count). The van der Waals surface area contributed by atoms with Crippen LogP contribution in [-0.2, 0) is 0 Å². The maximum absolute atomic E-state index is 4.60. The van der Waals surface area contributed by atoms with Gasteiger partial charge in [-0.3, -0.25) is 15.1 Å². The largest absolute Gasteiger partial charge is 0.353 e. The molecule has 0 atom stereocenters. The Bertz CT molecular complexity index is 1450. The van der Waals surface area contributed by atoms with Crippen molar-refractivity contribution in [1.29, 1.82) is 0 Å². The molecule has 4 heterocycles. The third-order valence-electron chi connectivity index (χ3n) is 5.13. The topological polar surface area (TPSA) is 70.2 Å². The minimum atomic E-state index is 0.846. The number of fused-ring (bicyclic) bond motifs is 2. The lowest BCUT2D eigenvalue weighted by atomic mass is 10.1. The predicted octanol–water partition coefficient (Wildman–Crippen LogP) is 5.90. The van der Waals surface area contributed by atoms with E-state index in [-0.39, 0.29) is 0 Å². The highest BCUT2D eigenvalue weighted by atomic mass is 32.1. The Morgan fingerprint density at radius 1 is 0.862 bits per heavy atom. The SMILES string of the molecule is c1csc(-c2cccc3[nH]c(-c4n[nH]c5ccc(-c6cnccn6)cc45)cc23)c1. The number of benzene rings is 2. The van der Waals surface area contributed by atoms with Gasteiger partial charge in [-0.15, -0.1) is 11.3 Å². The van der Waals surface area contributed by atoms with E-state index < -0.39 is 0 Å². The van der Waals surface area contributed by atoms with Crippen LogP contribution in [0.5, 0.6) is 0 Å². The standard InChI is InChI=1S/C23H15N5S/c1-3-15(22-5-2-10-29-22)16-12-20(26-18(16)4-1)23-17-11-14(6-7-19(17)27-28-23)21-13-24-8-9-25-21/h1-13,26H,(H,27,28). The van der Waals surface area contributed by atoms with Crippen molar-refractivity contribution in [2.75, 3.05) is 0 Å². The molecule has 0 aliphatic carbocycles. The molecule has 6 aromatic rings. The summed E-state index contributed by atoms with van der Waals surface area (Å²) < 4.78 is 0. The van der Waals surface area contributed by atoms with Crippen LogP contribution in [0, 0.1) is 0 Å². The second kappa shape index (κ2) is 6.39. The number of hydrogen-bond donors (Lipinski definition) is 2. The van der Waals surface area contributed by atoms with Crippen LogP contribution in [0.15, 0.2) is 78.6 Å². The summed E-state index contributed by atoms with van der Waals surface area (Å²) in [6, 6.07) is 19.0. The summed E-state index contributed by atoms with van der Waals surface area (Å²) in [5.74, 6) is 0. The van der Waals surface area contributed by atoms with Gasteiger partial charge in [0.25, 0.3) is 0 Å². The number of aromatic nitrogens is 5. The van der Waals surface area contributed by atoms with E-state index in [1.807, 2.05) is 12.1 Å². The Kier molecular flexibility index (Phi) is 3.57. The van der Waals surface area contributed by atoms with Crippen LogP contribution in [0.4, 0.5) is 0 Å². The number of thiophene rings is 1. The molecule has 0 aliphatic heterocycles. The van der Waals surface area contributed by atoms with Crippen molar-refractivity contribution < 1.29 is 0 Å². The Balaban J connectivity index is 1.53. The average molecular weight is 393 g/mol. The van der Waals surface area contributed by atoms with Gasteiger partial charge in [0.05, 0.1) is 23.1 Å². The first kappa shape index (κ1) is 16.2. The van der Waals surface area contributed by atoms with Crippen LogP contribution >= 0.6 is 11.3 Å². The van der Waals surface area contributed by atoms with Crippen LogP contribution in [0.3, 0.4) is 0 Å². The Morgan fingerprint density at radius 3 is 2.72 bits per heavy atom. The average Bonchev–Trinajstić information content (AvgIpc) is 3.52. The maximum atomic E-state index is 4.60. The number of nitrogens with one attached hydrogen (secondary N) is 2. The van der Waals surface area contributed by atoms with Gasteiger partial charge in [-0.25, -0.2) is 0 Å². The first-order valence-corrected chi connectivity index (χ1v) is 10.2. The van der Waals surface area contributed by atoms with Crippen molar-refractivity contribution in [3.05, 3.63) is 78.6 Å². The van der Waals surface area contributed by atoms with Crippen LogP contribution in [0.1, 0.15) is 0 Å². The van der Waals surface area contributed by atoms with E-state index in [4.69, 9.17) is 0 Å². The highest BCUT2D eigenvalue weighted by molar-refractivity contribution is 7.13. The Morgan fingerprint density at radius 2 is 1.86 bits per heavy atom. The second-order valence-corrected chi connectivity index (χ2v) is 7.80. The Hall–Kier alpha value is -3.77. The van der Waals surface area contributed by atoms with Crippen molar-refractivity contribution in [3.8, 4) is 33.1 Å². The molecule has 29 heavy (non-hydrogen) atoms. The molecule has 4 aromatic heterocycles. The normalized spacial score (nSPS) is 11.4. The van der Waals surface area contributed by atoms with Gasteiger partial charge in [0, 0.05) is 44.7 Å². The molecular weight excluding hydrogens is 378 g/mol. The minimum Gasteiger partial charge on any atom is -0.353 e. The van der Waals surface area contributed by atoms with Crippen molar-refractivity contribution >= 4 is 33.1 Å². The third kappa shape index (κ3) is 2.65. The lowest BCUT2D eigenvalue weighted by Crippen LogP contribution is -1.84. The fourth-order valence-electron chi connectivity index (χ4n) is 3.76. The van der Waals surface area contributed by atoms with Crippen LogP contribution in [0.25, 0.3) is 54.9 Å². The summed E-state index contributed by atoms with van der Waals surface area (Å²) >= 11 is 1.75. The highest BCUT2D eigenvalue weighted by Gasteiger charge is 2.14. The second-order valence-electron chi connectivity index (χ2n) is 6.85. The van der Waals surface area contributed by atoms with E-state index in [1.54, 1.807) is 29.9 Å². The number of aromatic amines is 2. The van der Waals surface area contributed by atoms with E-state index in [0.717, 1.165) is 39.1 Å². The monoisotopic (exact) mass is 393 g/mol. The minimum absolute atomic E-state index is 0.846. The van der Waals surface area contributed by atoms with Crippen LogP contribution < -0.4 is 0 Å². The molecule has 0 spiro atoms. The van der Waals surface area contributed by atoms with Gasteiger partial charge in [-0.05, 0) is 35.7 Å². The fourth-order valence-corrected chi connectivity index (χ4v) is 4.52. The first-order valence-electron chi connectivity index (χ1n) is 9.27. The zero-order chi connectivity index (χ0) is 19.2. The highest BCUT2D eigenvalue weighted by Crippen LogP contribution is 2.36. The van der Waals surface area contributed by atoms with Crippen molar-refractivity contribution in [2.45, 2.75) is 0 Å². The summed E-state index contributed by atoms with van der Waals surface area (Å²) in [7, 11) is 0. The fraction of sp³-hybridized carbons (Fsp3) is 0. The molecule has 0 saturated heterocycles. The molecule has 0 aliphatic rings. The van der Waals surface area contributed by atoms with Crippen LogP contribution in [-0.4, -0.2) is 25.1 Å². The van der Waals surface area contributed by atoms with E-state index in [2.05, 4.69) is 73.0 Å². The smallest absolute Gasteiger partial charge is 0.116 e. The van der Waals surface area contributed by atoms with Crippen molar-refractivity contribution in [2.24, 2.45) is 0 Å². The molecule has 138 valence electrons. The molecule has 0 unspecified atom stereocenters. The van der Waals surface area contributed by atoms with Crippen molar-refractivity contribution in [1.82, 2.24) is 25.1 Å². The number of rotatable bonds is 3. The predicted molar refractivity (Wildman–Crippen MR) is 118 cm³/mol. The van der Waals surface area contributed by atoms with Gasteiger partial charge in [-0.1, -0.05) is 24.3 Å². The number of H-pyrrole nitrogens is 2. The van der Waals surface area contributed by atoms with Gasteiger partial charge in [-0.2, -0.15) is 5.10 Å². The molecule has 6 heteroatoms. The Labute approximate surface area is 170 Å². The molecular formula is C23H15N5S. The van der Waals surface area contributed by atoms with E-state index in [9.17, 15) is 0 Å². The maximum Gasteiger partial charge on any atom is 0.116 e. The van der Waals surface area contributed by atoms with E-state index in [1.165, 1.54) is 15.8 Å². The molecule has 5 nitrogen and oxygen atoms in total. The lowest BCUT2D eigenvalue weighted by molar-refractivity contribution is 1.12. The zero-order valence-electron chi connectivity index (χ0n) is 15.3. The first-order chi connectivity index (χ1) is 14.4. The summed E-state index contributed by atoms with van der Waals surface area (Å²) in [6.45, 7) is 0. The molecule has 2 aromatic carbocycles. The zero-order valence-corrected chi connectivity index (χ0v) is 16.1. The van der Waals surface area contributed by atoms with E-state index >= 15 is 0 Å². The van der Waals surface area contributed by atoms with Gasteiger partial charge in [0.1, 0.15) is 5.69 Å². The lowest BCUT2D eigenvalue weighted by Gasteiger charge is -2.00. The molecule has 0 fully saturated rings. The van der Waals surface area contributed by atoms with Crippen LogP contribution in [0.2, 0.25) is 0 Å². The van der Waals surface area contributed by atoms with Gasteiger partial charge < -0.3 is 4.98 Å². The van der Waals surface area contributed by atoms with E-state index in [0.29, 0.717) is 0 Å². The molecule has 2 N–H and O–H groups in total. The number of hydrogen-bond acceptors (Lipinski definition) is 4. The third-order valence-corrected chi connectivity index (χ3v) is 6.03. The number of nitrogens with zero attached hydrogens (tertiary/aromatic N) is 3. The van der Waals surface area contributed by atoms with Crippen molar-refractivity contribution in [3.63, 3.8) is 0 Å². The summed E-state index contributed by atoms with van der Waals surface area (Å²) in [6.07, 6.45) is 5.16. The van der Waals surface area contributed by atoms with Gasteiger partial charge in [0.2, 0.25) is 0 Å². The molecule has 0 bridgehead atoms. The molecule has 0 radical (unpaired) electrons. The summed E-state index contributed by atoms with van der Waals surface area (Å²) in [4.78, 5) is 13.4. The summed E-state index contributed by atoms with van der Waals surface area (Å²) in [5, 5.41) is 12.1. The molecule has 0 amide bonds. The van der Waals surface area contributed by atoms with Gasteiger partial charge >= 0.3 is 0 Å². The quantitative estimate of drug-likeness (QED) is 0.393. The summed E-state index contributed by atoms with van der Waals surface area (Å²) in [5.41, 5.74) is 7.09.